The Kier molecular flexibility index (Phi) is 15.3. The van der Waals surface area contributed by atoms with Gasteiger partial charge in [-0.3, -0.25) is 0 Å². The summed E-state index contributed by atoms with van der Waals surface area (Å²) in [4.78, 5) is 19.3. The van der Waals surface area contributed by atoms with Crippen LogP contribution in [0.4, 0.5) is 0 Å². The van der Waals surface area contributed by atoms with Gasteiger partial charge in [-0.25, -0.2) is 9.59 Å². The third-order valence-corrected chi connectivity index (χ3v) is 2.98. The average molecular weight is 401 g/mol. The van der Waals surface area contributed by atoms with Crippen LogP contribution in [0.3, 0.4) is 0 Å². The van der Waals surface area contributed by atoms with Gasteiger partial charge in [0.05, 0.1) is 6.07 Å². The van der Waals surface area contributed by atoms with Crippen LogP contribution in [-0.4, -0.2) is 22.2 Å². The lowest BCUT2D eigenvalue weighted by Gasteiger charge is -1.87. The minimum absolute atomic E-state index is 0.833. The number of allylic oxidation sites excluding steroid dienone is 5. The quantitative estimate of drug-likeness (QED) is 0.385. The second-order valence-electron chi connectivity index (χ2n) is 5.27. The van der Waals surface area contributed by atoms with Gasteiger partial charge in [0.25, 0.3) is 0 Å². The molecule has 2 N–H and O–H groups in total. The van der Waals surface area contributed by atoms with Crippen molar-refractivity contribution in [3.63, 3.8) is 0 Å². The van der Waals surface area contributed by atoms with Gasteiger partial charge in [0, 0.05) is 18.2 Å². The Morgan fingerprint density at radius 2 is 1.20 bits per heavy atom. The van der Waals surface area contributed by atoms with E-state index in [1.165, 1.54) is 12.2 Å². The molecule has 0 saturated heterocycles. The third kappa shape index (κ3) is 17.0. The van der Waals surface area contributed by atoms with Crippen LogP contribution in [0.2, 0.25) is 0 Å². The van der Waals surface area contributed by atoms with Crippen LogP contribution in [0.15, 0.2) is 110 Å². The van der Waals surface area contributed by atoms with Gasteiger partial charge in [-0.1, -0.05) is 104 Å². The van der Waals surface area contributed by atoms with E-state index in [9.17, 15) is 9.59 Å². The summed E-state index contributed by atoms with van der Waals surface area (Å²) in [5.41, 5.74) is 2.19. The molecule has 2 aromatic carbocycles. The molecule has 5 nitrogen and oxygen atoms in total. The number of hydrogen-bond acceptors (Lipinski definition) is 3. The van der Waals surface area contributed by atoms with E-state index in [-0.39, 0.29) is 0 Å². The molecule has 0 saturated carbocycles. The topological polar surface area (TPSA) is 98.4 Å². The van der Waals surface area contributed by atoms with Crippen molar-refractivity contribution in [3.8, 4) is 6.07 Å². The van der Waals surface area contributed by atoms with Gasteiger partial charge in [-0.2, -0.15) is 5.26 Å². The summed E-state index contributed by atoms with van der Waals surface area (Å²) in [6.07, 6.45) is 13.9. The van der Waals surface area contributed by atoms with E-state index in [1.807, 2.05) is 85.0 Å². The molecule has 0 radical (unpaired) electrons. The maximum Gasteiger partial charge on any atom is 0.328 e. The standard InChI is InChI=1S/C11H9N.C11H10O2.C3H4O2/c12-10-6-2-5-9-11-7-3-1-4-8-11;12-11(13)9-5-4-8-10-6-2-1-3-7-10;1-2-3(4)5/h1-9H;1-9H,(H,12,13);2H,1H2,(H,4,5). The summed E-state index contributed by atoms with van der Waals surface area (Å²) in [6.45, 7) is 2.96. The molecular weight excluding hydrogens is 378 g/mol. The van der Waals surface area contributed by atoms with Crippen molar-refractivity contribution >= 4 is 24.1 Å². The molecule has 0 aliphatic rings. The third-order valence-electron chi connectivity index (χ3n) is 2.98. The molecule has 30 heavy (non-hydrogen) atoms. The van der Waals surface area contributed by atoms with Crippen LogP contribution in [0.1, 0.15) is 11.1 Å². The largest absolute Gasteiger partial charge is 0.478 e. The van der Waals surface area contributed by atoms with Crippen LogP contribution < -0.4 is 0 Å². The lowest BCUT2D eigenvalue weighted by molar-refractivity contribution is -0.132. The number of rotatable bonds is 6. The number of carboxylic acids is 2. The summed E-state index contributed by atoms with van der Waals surface area (Å²) >= 11 is 0. The molecule has 0 amide bonds. The second kappa shape index (κ2) is 18.0. The molecule has 5 heteroatoms. The first-order valence-corrected chi connectivity index (χ1v) is 8.75. The SMILES string of the molecule is C=CC(=O)O.N#CC=CC=Cc1ccccc1.O=C(O)C=CC=Cc1ccccc1. The summed E-state index contributed by atoms with van der Waals surface area (Å²) in [6, 6.07) is 21.6. The molecule has 0 fully saturated rings. The van der Waals surface area contributed by atoms with Crippen LogP contribution in [0.25, 0.3) is 12.2 Å². The van der Waals surface area contributed by atoms with Crippen molar-refractivity contribution in [2.45, 2.75) is 0 Å². The second-order valence-corrected chi connectivity index (χ2v) is 5.27. The van der Waals surface area contributed by atoms with E-state index >= 15 is 0 Å². The molecule has 0 aliphatic heterocycles. The number of nitriles is 1. The Balaban J connectivity index is 0.000000461. The molecule has 2 aromatic rings. The Hall–Kier alpha value is -4.43. The first-order chi connectivity index (χ1) is 14.5. The van der Waals surface area contributed by atoms with Gasteiger partial charge < -0.3 is 10.2 Å². The summed E-state index contributed by atoms with van der Waals surface area (Å²) in [5, 5.41) is 24.1. The molecule has 0 aromatic heterocycles. The number of hydrogen-bond donors (Lipinski definition) is 2. The smallest absolute Gasteiger partial charge is 0.328 e. The minimum Gasteiger partial charge on any atom is -0.478 e. The molecule has 0 unspecified atom stereocenters. The van der Waals surface area contributed by atoms with Gasteiger partial charge in [0.1, 0.15) is 0 Å². The zero-order valence-electron chi connectivity index (χ0n) is 16.3. The highest BCUT2D eigenvalue weighted by Crippen LogP contribution is 2.01. The maximum atomic E-state index is 10.1. The van der Waals surface area contributed by atoms with Crippen molar-refractivity contribution in [2.24, 2.45) is 0 Å². The first-order valence-electron chi connectivity index (χ1n) is 8.75. The predicted molar refractivity (Wildman–Crippen MR) is 120 cm³/mol. The lowest BCUT2D eigenvalue weighted by Crippen LogP contribution is -1.84. The van der Waals surface area contributed by atoms with Crippen LogP contribution in [0, 0.1) is 11.3 Å². The normalized spacial score (nSPS) is 10.1. The van der Waals surface area contributed by atoms with Gasteiger partial charge in [-0.05, 0) is 11.1 Å². The Labute approximate surface area is 176 Å². The highest BCUT2D eigenvalue weighted by atomic mass is 16.4. The summed E-state index contributed by atoms with van der Waals surface area (Å²) in [5.74, 6) is -1.91. The minimum atomic E-state index is -0.981. The molecular formula is C25H23NO4. The number of aliphatic carboxylic acids is 2. The predicted octanol–water partition coefficient (Wildman–Crippen LogP) is 5.38. The Bertz CT molecular complexity index is 919. The number of carbonyl (C=O) groups is 2. The Morgan fingerprint density at radius 3 is 1.57 bits per heavy atom. The van der Waals surface area contributed by atoms with Crippen molar-refractivity contribution in [2.75, 3.05) is 0 Å². The van der Waals surface area contributed by atoms with Gasteiger partial charge in [-0.15, -0.1) is 0 Å². The van der Waals surface area contributed by atoms with E-state index in [2.05, 4.69) is 6.58 Å². The molecule has 0 atom stereocenters. The van der Waals surface area contributed by atoms with Crippen molar-refractivity contribution in [3.05, 3.63) is 121 Å². The van der Waals surface area contributed by atoms with Crippen molar-refractivity contribution < 1.29 is 19.8 Å². The summed E-state index contributed by atoms with van der Waals surface area (Å²) in [7, 11) is 0. The van der Waals surface area contributed by atoms with E-state index < -0.39 is 11.9 Å². The van der Waals surface area contributed by atoms with E-state index in [0.717, 1.165) is 23.3 Å². The van der Waals surface area contributed by atoms with Gasteiger partial charge >= 0.3 is 11.9 Å². The van der Waals surface area contributed by atoms with Crippen LogP contribution >= 0.6 is 0 Å². The number of carboxylic acid groups (broad SMARTS) is 2. The molecule has 0 bridgehead atoms. The van der Waals surface area contributed by atoms with Gasteiger partial charge in [0.2, 0.25) is 0 Å². The average Bonchev–Trinajstić information content (AvgIpc) is 2.76. The monoisotopic (exact) mass is 401 g/mol. The Morgan fingerprint density at radius 1 is 0.767 bits per heavy atom. The molecule has 0 aliphatic carbocycles. The number of nitrogens with zero attached hydrogens (tertiary/aromatic N) is 1. The lowest BCUT2D eigenvalue weighted by atomic mass is 10.2. The highest BCUT2D eigenvalue weighted by molar-refractivity contribution is 5.80. The molecule has 152 valence electrons. The van der Waals surface area contributed by atoms with Crippen LogP contribution in [0.5, 0.6) is 0 Å². The van der Waals surface area contributed by atoms with Gasteiger partial charge in [0.15, 0.2) is 0 Å². The van der Waals surface area contributed by atoms with Crippen LogP contribution in [-0.2, 0) is 9.59 Å². The zero-order chi connectivity index (χ0) is 22.5. The summed E-state index contributed by atoms with van der Waals surface area (Å²) < 4.78 is 0. The fourth-order valence-electron chi connectivity index (χ4n) is 1.70. The maximum absolute atomic E-state index is 10.1. The highest BCUT2D eigenvalue weighted by Gasteiger charge is 1.82. The first kappa shape index (κ1) is 25.6. The molecule has 0 heterocycles. The van der Waals surface area contributed by atoms with Crippen molar-refractivity contribution in [1.82, 2.24) is 0 Å². The van der Waals surface area contributed by atoms with E-state index in [1.54, 1.807) is 12.2 Å². The zero-order valence-corrected chi connectivity index (χ0v) is 16.3. The fourth-order valence-corrected chi connectivity index (χ4v) is 1.70. The fraction of sp³-hybridized carbons (Fsp3) is 0. The molecule has 0 spiro atoms. The van der Waals surface area contributed by atoms with Crippen molar-refractivity contribution in [1.29, 1.82) is 5.26 Å². The van der Waals surface area contributed by atoms with E-state index in [4.69, 9.17) is 15.5 Å². The van der Waals surface area contributed by atoms with E-state index in [0.29, 0.717) is 0 Å². The number of benzene rings is 2. The molecule has 2 rings (SSSR count).